The van der Waals surface area contributed by atoms with E-state index in [1.807, 2.05) is 39.0 Å². The van der Waals surface area contributed by atoms with E-state index in [1.54, 1.807) is 4.90 Å². The van der Waals surface area contributed by atoms with Gasteiger partial charge in [0.1, 0.15) is 5.60 Å². The van der Waals surface area contributed by atoms with Crippen LogP contribution in [0.1, 0.15) is 39.2 Å². The number of amides is 2. The normalized spacial score (nSPS) is 19.3. The van der Waals surface area contributed by atoms with Gasteiger partial charge in [-0.15, -0.1) is 0 Å². The Bertz CT molecular complexity index is 657. The number of carbonyl (C=O) groups excluding carboxylic acids is 1. The van der Waals surface area contributed by atoms with Gasteiger partial charge in [-0.2, -0.15) is 0 Å². The molecule has 0 radical (unpaired) electrons. The molecule has 1 fully saturated rings. The van der Waals surface area contributed by atoms with Gasteiger partial charge >= 0.3 is 12.2 Å². The van der Waals surface area contributed by atoms with E-state index in [4.69, 9.17) is 4.74 Å². The van der Waals surface area contributed by atoms with Gasteiger partial charge in [0.25, 0.3) is 0 Å². The van der Waals surface area contributed by atoms with E-state index in [1.165, 1.54) is 4.90 Å². The summed E-state index contributed by atoms with van der Waals surface area (Å²) >= 11 is 0. The number of fused-ring (bicyclic) bond motifs is 2. The summed E-state index contributed by atoms with van der Waals surface area (Å²) in [4.78, 5) is 26.9. The highest BCUT2D eigenvalue weighted by Crippen LogP contribution is 2.47. The third-order valence-corrected chi connectivity index (χ3v) is 4.83. The number of benzene rings is 1. The summed E-state index contributed by atoms with van der Waals surface area (Å²) in [6.45, 7) is 7.10. The van der Waals surface area contributed by atoms with Gasteiger partial charge in [-0.1, -0.05) is 18.2 Å². The molecule has 0 saturated carbocycles. The molecule has 2 heterocycles. The Hall–Kier alpha value is -2.24. The quantitative estimate of drug-likeness (QED) is 0.790. The van der Waals surface area contributed by atoms with Crippen LogP contribution in [0, 0.1) is 0 Å². The maximum atomic E-state index is 12.6. The first-order valence-corrected chi connectivity index (χ1v) is 8.30. The second kappa shape index (κ2) is 5.69. The summed E-state index contributed by atoms with van der Waals surface area (Å²) in [5, 5.41) is 9.17. The third kappa shape index (κ3) is 2.92. The molecule has 2 aliphatic heterocycles. The van der Waals surface area contributed by atoms with Crippen molar-refractivity contribution in [3.63, 3.8) is 0 Å². The lowest BCUT2D eigenvalue weighted by Gasteiger charge is -2.38. The van der Waals surface area contributed by atoms with Crippen LogP contribution in [0.25, 0.3) is 0 Å². The number of likely N-dealkylation sites (tertiary alicyclic amines) is 1. The van der Waals surface area contributed by atoms with Crippen LogP contribution in [-0.4, -0.2) is 47.4 Å². The molecule has 6 nitrogen and oxygen atoms in total. The third-order valence-electron chi connectivity index (χ3n) is 4.83. The molecular formula is C18H24N2O4. The summed E-state index contributed by atoms with van der Waals surface area (Å²) in [6.07, 6.45) is 0.221. The maximum absolute atomic E-state index is 12.6. The molecule has 0 unspecified atom stereocenters. The molecule has 6 heteroatoms. The van der Waals surface area contributed by atoms with Crippen LogP contribution < -0.4 is 4.90 Å². The zero-order valence-corrected chi connectivity index (χ0v) is 14.4. The Labute approximate surface area is 142 Å². The number of hydrogen-bond donors (Lipinski definition) is 1. The van der Waals surface area contributed by atoms with E-state index in [0.717, 1.165) is 24.1 Å². The zero-order valence-electron chi connectivity index (χ0n) is 14.4. The van der Waals surface area contributed by atoms with Crippen molar-refractivity contribution >= 4 is 17.9 Å². The van der Waals surface area contributed by atoms with Gasteiger partial charge in [-0.05, 0) is 45.2 Å². The minimum absolute atomic E-state index is 0.181. The maximum Gasteiger partial charge on any atom is 0.414 e. The molecule has 0 aromatic heterocycles. The van der Waals surface area contributed by atoms with Gasteiger partial charge in [-0.25, -0.2) is 9.59 Å². The van der Waals surface area contributed by atoms with Crippen LogP contribution in [0.3, 0.4) is 0 Å². The van der Waals surface area contributed by atoms with Crippen LogP contribution >= 0.6 is 0 Å². The first-order valence-electron chi connectivity index (χ1n) is 8.30. The topological polar surface area (TPSA) is 70.1 Å². The van der Waals surface area contributed by atoms with Gasteiger partial charge in [0.05, 0.1) is 5.69 Å². The fourth-order valence-electron chi connectivity index (χ4n) is 3.66. The Morgan fingerprint density at radius 3 is 2.38 bits per heavy atom. The fourth-order valence-corrected chi connectivity index (χ4v) is 3.66. The van der Waals surface area contributed by atoms with Crippen LogP contribution in [-0.2, 0) is 10.2 Å². The van der Waals surface area contributed by atoms with Gasteiger partial charge in [0.15, 0.2) is 0 Å². The van der Waals surface area contributed by atoms with Gasteiger partial charge < -0.3 is 14.7 Å². The van der Waals surface area contributed by atoms with E-state index < -0.39 is 11.7 Å². The minimum Gasteiger partial charge on any atom is -0.465 e. The standard InChI is InChI=1S/C18H24N2O4/c1-17(2,3)24-16(23)20-12-18(13-6-4-5-7-14(13)20)8-10-19(11-9-18)15(21)22/h4-7H,8-12H2,1-3H3,(H,21,22). The predicted molar refractivity (Wildman–Crippen MR) is 90.5 cm³/mol. The number of nitrogens with zero attached hydrogens (tertiary/aromatic N) is 2. The van der Waals surface area contributed by atoms with Crippen LogP contribution in [0.15, 0.2) is 24.3 Å². The lowest BCUT2D eigenvalue weighted by atomic mass is 9.74. The molecule has 1 aromatic rings. The number of carbonyl (C=O) groups is 2. The van der Waals surface area contributed by atoms with Gasteiger partial charge in [0, 0.05) is 25.0 Å². The lowest BCUT2D eigenvalue weighted by Crippen LogP contribution is -2.48. The molecule has 130 valence electrons. The predicted octanol–water partition coefficient (Wildman–Crippen LogP) is 3.45. The highest BCUT2D eigenvalue weighted by molar-refractivity contribution is 5.91. The average Bonchev–Trinajstić information content (AvgIpc) is 2.81. The van der Waals surface area contributed by atoms with Crippen molar-refractivity contribution in [2.75, 3.05) is 24.5 Å². The van der Waals surface area contributed by atoms with E-state index in [-0.39, 0.29) is 11.5 Å². The monoisotopic (exact) mass is 332 g/mol. The second-order valence-electron chi connectivity index (χ2n) is 7.63. The van der Waals surface area contributed by atoms with Crippen molar-refractivity contribution in [3.8, 4) is 0 Å². The van der Waals surface area contributed by atoms with Crippen LogP contribution in [0.2, 0.25) is 0 Å². The molecular weight excluding hydrogens is 308 g/mol. The van der Waals surface area contributed by atoms with E-state index in [0.29, 0.717) is 19.6 Å². The number of carboxylic acid groups (broad SMARTS) is 1. The number of rotatable bonds is 0. The van der Waals surface area contributed by atoms with Crippen molar-refractivity contribution in [1.82, 2.24) is 4.90 Å². The summed E-state index contributed by atoms with van der Waals surface area (Å²) < 4.78 is 5.55. The molecule has 3 rings (SSSR count). The number of anilines is 1. The Kier molecular flexibility index (Phi) is 3.94. The average molecular weight is 332 g/mol. The first-order chi connectivity index (χ1) is 11.2. The summed E-state index contributed by atoms with van der Waals surface area (Å²) in [7, 11) is 0. The molecule has 0 atom stereocenters. The number of para-hydroxylation sites is 1. The lowest BCUT2D eigenvalue weighted by molar-refractivity contribution is 0.0569. The van der Waals surface area contributed by atoms with E-state index in [9.17, 15) is 14.7 Å². The summed E-state index contributed by atoms with van der Waals surface area (Å²) in [5.41, 5.74) is 1.28. The summed E-state index contributed by atoms with van der Waals surface area (Å²) in [6, 6.07) is 7.89. The van der Waals surface area contributed by atoms with Crippen molar-refractivity contribution in [1.29, 1.82) is 0 Å². The van der Waals surface area contributed by atoms with Crippen LogP contribution in [0.5, 0.6) is 0 Å². The summed E-state index contributed by atoms with van der Waals surface area (Å²) in [5.74, 6) is 0. The zero-order chi connectivity index (χ0) is 17.5. The van der Waals surface area contributed by atoms with Gasteiger partial charge in [0.2, 0.25) is 0 Å². The highest BCUT2D eigenvalue weighted by atomic mass is 16.6. The minimum atomic E-state index is -0.875. The Morgan fingerprint density at radius 1 is 1.17 bits per heavy atom. The SMILES string of the molecule is CC(C)(C)OC(=O)N1CC2(CCN(C(=O)O)CC2)c2ccccc21. The molecule has 2 aliphatic rings. The number of piperidine rings is 1. The van der Waals surface area contributed by atoms with E-state index >= 15 is 0 Å². The number of ether oxygens (including phenoxy) is 1. The number of hydrogen-bond acceptors (Lipinski definition) is 3. The van der Waals surface area contributed by atoms with Crippen molar-refractivity contribution in [2.24, 2.45) is 0 Å². The van der Waals surface area contributed by atoms with Crippen molar-refractivity contribution in [2.45, 2.75) is 44.6 Å². The largest absolute Gasteiger partial charge is 0.465 e. The molecule has 1 spiro atoms. The Balaban J connectivity index is 1.87. The molecule has 1 aromatic carbocycles. The Morgan fingerprint density at radius 2 is 1.79 bits per heavy atom. The molecule has 24 heavy (non-hydrogen) atoms. The molecule has 2 amide bonds. The van der Waals surface area contributed by atoms with Crippen LogP contribution in [0.4, 0.5) is 15.3 Å². The first kappa shape index (κ1) is 16.6. The molecule has 0 aliphatic carbocycles. The van der Waals surface area contributed by atoms with E-state index in [2.05, 4.69) is 6.07 Å². The molecule has 1 saturated heterocycles. The van der Waals surface area contributed by atoms with Gasteiger partial charge in [-0.3, -0.25) is 4.90 Å². The molecule has 0 bridgehead atoms. The van der Waals surface area contributed by atoms with Crippen molar-refractivity contribution in [3.05, 3.63) is 29.8 Å². The second-order valence-corrected chi connectivity index (χ2v) is 7.63. The molecule has 1 N–H and O–H groups in total. The van der Waals surface area contributed by atoms with Crippen molar-refractivity contribution < 1.29 is 19.4 Å². The highest BCUT2D eigenvalue weighted by Gasteiger charge is 2.47. The smallest absolute Gasteiger partial charge is 0.414 e. The fraction of sp³-hybridized carbons (Fsp3) is 0.556.